The largest absolute Gasteiger partial charge is 0.381 e. The fraction of sp³-hybridized carbons (Fsp3) is 0.643. The summed E-state index contributed by atoms with van der Waals surface area (Å²) in [5, 5.41) is 0. The molecule has 1 aromatic carbocycles. The second kappa shape index (κ2) is 11.7. The van der Waals surface area contributed by atoms with Crippen LogP contribution in [0.3, 0.4) is 0 Å². The summed E-state index contributed by atoms with van der Waals surface area (Å²) in [6, 6.07) is 7.30. The lowest BCUT2D eigenvalue weighted by molar-refractivity contribution is 0.0678. The average Bonchev–Trinajstić information content (AvgIpc) is 3.20. The summed E-state index contributed by atoms with van der Waals surface area (Å²) in [4.78, 5) is 0.710. The van der Waals surface area contributed by atoms with Crippen molar-refractivity contribution in [2.45, 2.75) is 94.4 Å². The Kier molecular flexibility index (Phi) is 9.01. The van der Waals surface area contributed by atoms with E-state index < -0.39 is 21.1 Å². The van der Waals surface area contributed by atoms with Gasteiger partial charge < -0.3 is 13.9 Å². The number of sulfonamides is 1. The number of benzene rings is 1. The van der Waals surface area contributed by atoms with Crippen LogP contribution >= 0.6 is 0 Å². The van der Waals surface area contributed by atoms with E-state index in [1.54, 1.807) is 12.1 Å². The summed E-state index contributed by atoms with van der Waals surface area (Å²) < 4.78 is 59.4. The molecule has 1 atom stereocenters. The molecule has 1 saturated carbocycles. The van der Waals surface area contributed by atoms with Gasteiger partial charge in [-0.15, -0.1) is 0 Å². The first-order chi connectivity index (χ1) is 17.5. The molecule has 0 bridgehead atoms. The van der Waals surface area contributed by atoms with Crippen LogP contribution in [0.5, 0.6) is 0 Å². The van der Waals surface area contributed by atoms with Crippen LogP contribution in [0.1, 0.15) is 77.0 Å². The highest BCUT2D eigenvalue weighted by Gasteiger charge is 2.28. The van der Waals surface area contributed by atoms with Gasteiger partial charge in [0, 0.05) is 37.7 Å². The van der Waals surface area contributed by atoms with Crippen LogP contribution < -0.4 is 4.72 Å². The van der Waals surface area contributed by atoms with Gasteiger partial charge in [-0.25, -0.2) is 17.3 Å². The highest BCUT2D eigenvalue weighted by molar-refractivity contribution is 7.89. The molecule has 1 aliphatic carbocycles. The first kappa shape index (κ1) is 28.5. The molecule has 2 aliphatic rings. The highest BCUT2D eigenvalue weighted by Crippen LogP contribution is 2.36. The zero-order valence-corrected chi connectivity index (χ0v) is 24.2. The van der Waals surface area contributed by atoms with Gasteiger partial charge in [0.1, 0.15) is 4.90 Å². The molecule has 9 heteroatoms. The minimum absolute atomic E-state index is 0.286. The zero-order valence-electron chi connectivity index (χ0n) is 22.6. The van der Waals surface area contributed by atoms with Crippen molar-refractivity contribution >= 4 is 21.1 Å². The Bertz CT molecular complexity index is 1220. The molecule has 2 N–H and O–H groups in total. The van der Waals surface area contributed by atoms with Gasteiger partial charge in [0.05, 0.1) is 4.90 Å². The molecule has 1 saturated heterocycles. The predicted octanol–water partition coefficient (Wildman–Crippen LogP) is 5.63. The topological polar surface area (TPSA) is 97.6 Å². The molecule has 1 aliphatic heterocycles. The monoisotopic (exact) mass is 550 g/mol. The second-order valence-corrected chi connectivity index (χ2v) is 14.4. The molecule has 2 aromatic rings. The molecule has 0 amide bonds. The Morgan fingerprint density at radius 3 is 2.35 bits per heavy atom. The molecule has 1 unspecified atom stereocenters. The first-order valence-corrected chi connectivity index (χ1v) is 16.1. The molecule has 1 aromatic heterocycles. The fourth-order valence-corrected chi connectivity index (χ4v) is 7.79. The van der Waals surface area contributed by atoms with Crippen LogP contribution in [-0.4, -0.2) is 41.5 Å². The lowest BCUT2D eigenvalue weighted by Crippen LogP contribution is -2.32. The third-order valence-corrected chi connectivity index (χ3v) is 10.2. The van der Waals surface area contributed by atoms with Crippen LogP contribution in [0, 0.1) is 18.8 Å². The number of nitrogens with zero attached hydrogens (tertiary/aromatic N) is 1. The van der Waals surface area contributed by atoms with Crippen molar-refractivity contribution < 1.29 is 21.9 Å². The van der Waals surface area contributed by atoms with Gasteiger partial charge in [0.15, 0.2) is 11.1 Å². The maximum Gasteiger partial charge on any atom is 0.242 e. The number of hydrogen-bond acceptors (Lipinski definition) is 4. The minimum Gasteiger partial charge on any atom is -0.381 e. The first-order valence-electron chi connectivity index (χ1n) is 13.5. The van der Waals surface area contributed by atoms with E-state index in [2.05, 4.69) is 9.29 Å². The Labute approximate surface area is 224 Å². The molecular formula is C28H42N2O5S2. The van der Waals surface area contributed by atoms with E-state index in [1.807, 2.05) is 39.8 Å². The van der Waals surface area contributed by atoms with E-state index >= 15 is 0 Å². The molecular weight excluding hydrogens is 508 g/mol. The lowest BCUT2D eigenvalue weighted by Gasteiger charge is -2.25. The van der Waals surface area contributed by atoms with Crippen molar-refractivity contribution in [1.29, 1.82) is 0 Å². The number of ether oxygens (including phenoxy) is 1. The Morgan fingerprint density at radius 1 is 1.05 bits per heavy atom. The van der Waals surface area contributed by atoms with Crippen molar-refractivity contribution in [3.05, 3.63) is 35.5 Å². The van der Waals surface area contributed by atoms with Crippen LogP contribution in [0.4, 0.5) is 0 Å². The number of aromatic nitrogens is 1. The van der Waals surface area contributed by atoms with E-state index in [9.17, 15) is 17.2 Å². The van der Waals surface area contributed by atoms with Crippen molar-refractivity contribution in [1.82, 2.24) is 9.29 Å². The summed E-state index contributed by atoms with van der Waals surface area (Å²) in [5.74, 6) is 0.796. The fourth-order valence-electron chi connectivity index (χ4n) is 5.68. The molecule has 0 radical (unpaired) electrons. The van der Waals surface area contributed by atoms with Crippen LogP contribution in [-0.2, 0) is 37.8 Å². The third-order valence-electron chi connectivity index (χ3n) is 7.95. The molecule has 4 rings (SSSR count). The van der Waals surface area contributed by atoms with E-state index in [0.717, 1.165) is 54.7 Å². The van der Waals surface area contributed by atoms with Crippen molar-refractivity contribution in [3.8, 4) is 11.3 Å². The number of rotatable bonds is 8. The third kappa shape index (κ3) is 6.74. The maximum absolute atomic E-state index is 13.5. The van der Waals surface area contributed by atoms with Crippen molar-refractivity contribution in [3.63, 3.8) is 0 Å². The number of hydrogen-bond donors (Lipinski definition) is 2. The smallest absolute Gasteiger partial charge is 0.242 e. The summed E-state index contributed by atoms with van der Waals surface area (Å²) in [7, 11) is -3.70. The van der Waals surface area contributed by atoms with Crippen molar-refractivity contribution in [2.75, 3.05) is 19.8 Å². The van der Waals surface area contributed by atoms with E-state index in [0.29, 0.717) is 35.5 Å². The van der Waals surface area contributed by atoms with Crippen LogP contribution in [0.2, 0.25) is 0 Å². The Hall–Kier alpha value is -1.52. The Balaban J connectivity index is 1.75. The minimum atomic E-state index is -3.70. The SMILES string of the molecule is Cc1c(S(=O)(=O)NCC2CCOCC2)cc(-c2ccc(S(=O)O)c(C(C)(C)C)c2)n1CC1CCCCC1. The van der Waals surface area contributed by atoms with Gasteiger partial charge in [0.2, 0.25) is 10.0 Å². The van der Waals surface area contributed by atoms with E-state index in [4.69, 9.17) is 4.74 Å². The summed E-state index contributed by atoms with van der Waals surface area (Å²) in [5.41, 5.74) is 2.89. The lowest BCUT2D eigenvalue weighted by atomic mass is 9.85. The van der Waals surface area contributed by atoms with Crippen molar-refractivity contribution in [2.24, 2.45) is 11.8 Å². The van der Waals surface area contributed by atoms with E-state index in [-0.39, 0.29) is 11.3 Å². The summed E-state index contributed by atoms with van der Waals surface area (Å²) in [6.45, 7) is 10.5. The van der Waals surface area contributed by atoms with Gasteiger partial charge in [-0.1, -0.05) is 46.1 Å². The maximum atomic E-state index is 13.5. The van der Waals surface area contributed by atoms with E-state index in [1.165, 1.54) is 19.3 Å². The second-order valence-electron chi connectivity index (χ2n) is 11.7. The molecule has 2 fully saturated rings. The molecule has 206 valence electrons. The van der Waals surface area contributed by atoms with Gasteiger partial charge in [-0.3, -0.25) is 0 Å². The predicted molar refractivity (Wildman–Crippen MR) is 148 cm³/mol. The number of nitrogens with one attached hydrogen (secondary N) is 1. The highest BCUT2D eigenvalue weighted by atomic mass is 32.2. The molecule has 7 nitrogen and oxygen atoms in total. The standard InChI is InChI=1S/C28H42N2O5S2/c1-20-27(37(33,34)29-18-21-12-14-35-15-13-21)17-25(30(20)19-22-8-6-5-7-9-22)23-10-11-26(36(31)32)24(16-23)28(2,3)4/h10-11,16-17,21-22,29H,5-9,12-15,18-19H2,1-4H3,(H,31,32). The van der Waals surface area contributed by atoms with Gasteiger partial charge in [-0.05, 0) is 79.2 Å². The molecule has 2 heterocycles. The average molecular weight is 551 g/mol. The quantitative estimate of drug-likeness (QED) is 0.416. The summed E-state index contributed by atoms with van der Waals surface area (Å²) >= 11 is -2.10. The van der Waals surface area contributed by atoms with Gasteiger partial charge in [-0.2, -0.15) is 0 Å². The zero-order chi connectivity index (χ0) is 26.8. The molecule has 37 heavy (non-hydrogen) atoms. The normalized spacial score (nSPS) is 19.3. The van der Waals surface area contributed by atoms with Gasteiger partial charge >= 0.3 is 0 Å². The Morgan fingerprint density at radius 2 is 1.73 bits per heavy atom. The van der Waals surface area contributed by atoms with Crippen LogP contribution in [0.15, 0.2) is 34.1 Å². The molecule has 0 spiro atoms. The van der Waals surface area contributed by atoms with Gasteiger partial charge in [0.25, 0.3) is 0 Å². The summed E-state index contributed by atoms with van der Waals surface area (Å²) in [6.07, 6.45) is 7.71. The van der Waals surface area contributed by atoms with Crippen LogP contribution in [0.25, 0.3) is 11.3 Å².